The van der Waals surface area contributed by atoms with Gasteiger partial charge < -0.3 is 4.90 Å². The summed E-state index contributed by atoms with van der Waals surface area (Å²) in [5, 5.41) is 0. The lowest BCUT2D eigenvalue weighted by molar-refractivity contribution is -0.138. The smallest absolute Gasteiger partial charge is 0.371 e. The van der Waals surface area contributed by atoms with Crippen LogP contribution in [-0.4, -0.2) is 18.9 Å². The molecule has 1 fully saturated rings. The largest absolute Gasteiger partial charge is 0.417 e. The molecule has 6 heteroatoms. The third-order valence-corrected chi connectivity index (χ3v) is 3.63. The molecule has 1 aromatic rings. The highest BCUT2D eigenvalue weighted by Crippen LogP contribution is 2.37. The number of hydrogen-bond donors (Lipinski definition) is 0. The first-order valence-electron chi connectivity index (χ1n) is 5.51. The van der Waals surface area contributed by atoms with Crippen molar-refractivity contribution in [1.29, 1.82) is 0 Å². The SMILES string of the molecule is O=C1CCN(c2ccc(Br)c(C(F)(F)F)c2)CC1. The van der Waals surface area contributed by atoms with E-state index in [4.69, 9.17) is 0 Å². The van der Waals surface area contributed by atoms with Crippen LogP contribution in [-0.2, 0) is 11.0 Å². The van der Waals surface area contributed by atoms with E-state index in [9.17, 15) is 18.0 Å². The summed E-state index contributed by atoms with van der Waals surface area (Å²) >= 11 is 2.91. The number of carbonyl (C=O) groups excluding carboxylic acids is 1. The fourth-order valence-electron chi connectivity index (χ4n) is 1.94. The molecule has 98 valence electrons. The molecule has 0 aliphatic carbocycles. The Bertz CT molecular complexity index is 463. The number of benzene rings is 1. The van der Waals surface area contributed by atoms with Crippen LogP contribution < -0.4 is 4.90 Å². The van der Waals surface area contributed by atoms with Crippen molar-refractivity contribution in [3.8, 4) is 0 Å². The van der Waals surface area contributed by atoms with Gasteiger partial charge in [-0.05, 0) is 18.2 Å². The number of hydrogen-bond acceptors (Lipinski definition) is 2. The lowest BCUT2D eigenvalue weighted by Gasteiger charge is -2.28. The fourth-order valence-corrected chi connectivity index (χ4v) is 2.41. The molecule has 0 spiro atoms. The van der Waals surface area contributed by atoms with Crippen LogP contribution in [0.4, 0.5) is 18.9 Å². The molecule has 1 aliphatic heterocycles. The van der Waals surface area contributed by atoms with Crippen LogP contribution in [0.5, 0.6) is 0 Å². The molecule has 2 rings (SSSR count). The van der Waals surface area contributed by atoms with Crippen molar-refractivity contribution < 1.29 is 18.0 Å². The molecule has 0 radical (unpaired) electrons. The number of nitrogens with zero attached hydrogens (tertiary/aromatic N) is 1. The monoisotopic (exact) mass is 321 g/mol. The first-order chi connectivity index (χ1) is 8.38. The minimum absolute atomic E-state index is 0.0341. The Morgan fingerprint density at radius 1 is 1.17 bits per heavy atom. The molecule has 0 unspecified atom stereocenters. The Labute approximate surface area is 111 Å². The Hall–Kier alpha value is -1.04. The van der Waals surface area contributed by atoms with E-state index in [-0.39, 0.29) is 10.3 Å². The molecular formula is C12H11BrF3NO. The summed E-state index contributed by atoms with van der Waals surface area (Å²) in [5.74, 6) is 0.166. The summed E-state index contributed by atoms with van der Waals surface area (Å²) in [6.07, 6.45) is -3.57. The Kier molecular flexibility index (Phi) is 3.66. The minimum atomic E-state index is -4.37. The van der Waals surface area contributed by atoms with Crippen LogP contribution in [0.25, 0.3) is 0 Å². The van der Waals surface area contributed by atoms with Gasteiger partial charge in [0.1, 0.15) is 5.78 Å². The molecule has 1 aliphatic rings. The molecule has 0 saturated carbocycles. The van der Waals surface area contributed by atoms with Crippen LogP contribution in [0, 0.1) is 0 Å². The topological polar surface area (TPSA) is 20.3 Å². The first kappa shape index (κ1) is 13.4. The minimum Gasteiger partial charge on any atom is -0.371 e. The van der Waals surface area contributed by atoms with Gasteiger partial charge in [-0.15, -0.1) is 0 Å². The average Bonchev–Trinajstić information content (AvgIpc) is 2.29. The molecule has 0 amide bonds. The van der Waals surface area contributed by atoms with E-state index in [1.807, 2.05) is 4.90 Å². The maximum Gasteiger partial charge on any atom is 0.417 e. The van der Waals surface area contributed by atoms with Crippen molar-refractivity contribution in [2.45, 2.75) is 19.0 Å². The predicted molar refractivity (Wildman–Crippen MR) is 65.6 cm³/mol. The lowest BCUT2D eigenvalue weighted by Crippen LogP contribution is -2.33. The molecular weight excluding hydrogens is 311 g/mol. The second-order valence-corrected chi connectivity index (χ2v) is 5.04. The van der Waals surface area contributed by atoms with Crippen LogP contribution >= 0.6 is 15.9 Å². The third-order valence-electron chi connectivity index (χ3n) is 2.94. The van der Waals surface area contributed by atoms with Crippen molar-refractivity contribution in [2.24, 2.45) is 0 Å². The number of rotatable bonds is 1. The van der Waals surface area contributed by atoms with Crippen molar-refractivity contribution >= 4 is 27.4 Å². The summed E-state index contributed by atoms with van der Waals surface area (Å²) in [7, 11) is 0. The van der Waals surface area contributed by atoms with Gasteiger partial charge in [0, 0.05) is 36.1 Å². The van der Waals surface area contributed by atoms with E-state index in [1.54, 1.807) is 6.07 Å². The van der Waals surface area contributed by atoms with E-state index in [1.165, 1.54) is 6.07 Å². The van der Waals surface area contributed by atoms with E-state index >= 15 is 0 Å². The summed E-state index contributed by atoms with van der Waals surface area (Å²) in [4.78, 5) is 12.9. The fraction of sp³-hybridized carbons (Fsp3) is 0.417. The molecule has 0 N–H and O–H groups in total. The van der Waals surface area contributed by atoms with Gasteiger partial charge in [-0.25, -0.2) is 0 Å². The average molecular weight is 322 g/mol. The summed E-state index contributed by atoms with van der Waals surface area (Å²) in [5.41, 5.74) is -0.171. The maximum absolute atomic E-state index is 12.8. The van der Waals surface area contributed by atoms with Gasteiger partial charge >= 0.3 is 6.18 Å². The van der Waals surface area contributed by atoms with Crippen LogP contribution in [0.15, 0.2) is 22.7 Å². The molecule has 0 aromatic heterocycles. The van der Waals surface area contributed by atoms with Gasteiger partial charge in [0.2, 0.25) is 0 Å². The zero-order valence-corrected chi connectivity index (χ0v) is 11.0. The normalized spacial score (nSPS) is 17.1. The number of piperidine rings is 1. The number of carbonyl (C=O) groups is 1. The molecule has 0 atom stereocenters. The van der Waals surface area contributed by atoms with Gasteiger partial charge in [0.15, 0.2) is 0 Å². The first-order valence-corrected chi connectivity index (χ1v) is 6.30. The molecule has 1 saturated heterocycles. The van der Waals surface area contributed by atoms with Gasteiger partial charge in [-0.1, -0.05) is 15.9 Å². The molecule has 18 heavy (non-hydrogen) atoms. The third kappa shape index (κ3) is 2.85. The summed E-state index contributed by atoms with van der Waals surface area (Å²) in [6.45, 7) is 0.968. The summed E-state index contributed by atoms with van der Waals surface area (Å²) in [6, 6.07) is 4.16. The number of halogens is 4. The van der Waals surface area contributed by atoms with Crippen LogP contribution in [0.3, 0.4) is 0 Å². The van der Waals surface area contributed by atoms with Crippen molar-refractivity contribution in [3.05, 3.63) is 28.2 Å². The molecule has 2 nitrogen and oxygen atoms in total. The number of Topliss-reactive ketones (excluding diaryl/α,β-unsaturated/α-hetero) is 1. The van der Waals surface area contributed by atoms with E-state index < -0.39 is 11.7 Å². The van der Waals surface area contributed by atoms with Gasteiger partial charge in [0.05, 0.1) is 5.56 Å². The van der Waals surface area contributed by atoms with Gasteiger partial charge in [-0.2, -0.15) is 13.2 Å². The highest BCUT2D eigenvalue weighted by atomic mass is 79.9. The van der Waals surface area contributed by atoms with Crippen LogP contribution in [0.1, 0.15) is 18.4 Å². The summed E-state index contributed by atoms with van der Waals surface area (Å²) < 4.78 is 38.3. The van der Waals surface area contributed by atoms with E-state index in [0.717, 1.165) is 6.07 Å². The van der Waals surface area contributed by atoms with E-state index in [2.05, 4.69) is 15.9 Å². The quantitative estimate of drug-likeness (QED) is 0.787. The van der Waals surface area contributed by atoms with Crippen molar-refractivity contribution in [1.82, 2.24) is 0 Å². The molecule has 1 heterocycles. The zero-order chi connectivity index (χ0) is 13.3. The van der Waals surface area contributed by atoms with Crippen molar-refractivity contribution in [2.75, 3.05) is 18.0 Å². The number of ketones is 1. The lowest BCUT2D eigenvalue weighted by atomic mass is 10.1. The highest BCUT2D eigenvalue weighted by Gasteiger charge is 2.33. The standard InChI is InChI=1S/C12H11BrF3NO/c13-11-2-1-8(7-10(11)12(14,15)16)17-5-3-9(18)4-6-17/h1-2,7H,3-6H2. The Morgan fingerprint density at radius 3 is 2.33 bits per heavy atom. The second-order valence-electron chi connectivity index (χ2n) is 4.19. The predicted octanol–water partition coefficient (Wildman–Crippen LogP) is 3.64. The van der Waals surface area contributed by atoms with Crippen molar-refractivity contribution in [3.63, 3.8) is 0 Å². The Morgan fingerprint density at radius 2 is 1.78 bits per heavy atom. The Balaban J connectivity index is 2.27. The zero-order valence-electron chi connectivity index (χ0n) is 9.43. The number of alkyl halides is 3. The van der Waals surface area contributed by atoms with Crippen LogP contribution in [0.2, 0.25) is 0 Å². The van der Waals surface area contributed by atoms with Gasteiger partial charge in [0.25, 0.3) is 0 Å². The number of anilines is 1. The highest BCUT2D eigenvalue weighted by molar-refractivity contribution is 9.10. The maximum atomic E-state index is 12.8. The van der Waals surface area contributed by atoms with E-state index in [0.29, 0.717) is 31.6 Å². The molecule has 1 aromatic carbocycles. The molecule has 0 bridgehead atoms. The van der Waals surface area contributed by atoms with Gasteiger partial charge in [-0.3, -0.25) is 4.79 Å². The second kappa shape index (κ2) is 4.91.